The number of carbonyl (C=O) groups is 1. The van der Waals surface area contributed by atoms with Crippen LogP contribution in [0.15, 0.2) is 0 Å². The predicted octanol–water partition coefficient (Wildman–Crippen LogP) is 3.60. The summed E-state index contributed by atoms with van der Waals surface area (Å²) < 4.78 is 10.00. The topological polar surface area (TPSA) is 59.1 Å². The molecule has 0 spiro atoms. The molecule has 0 amide bonds. The van der Waals surface area contributed by atoms with Crippen LogP contribution in [0.2, 0.25) is 0 Å². The van der Waals surface area contributed by atoms with Crippen LogP contribution in [0.3, 0.4) is 0 Å². The van der Waals surface area contributed by atoms with E-state index in [1.165, 1.54) is 57.8 Å². The molecule has 0 aliphatic carbocycles. The Morgan fingerprint density at radius 1 is 0.952 bits per heavy atom. The van der Waals surface area contributed by atoms with Crippen LogP contribution in [0.5, 0.6) is 0 Å². The fourth-order valence-electron chi connectivity index (χ4n) is 2.52. The summed E-state index contributed by atoms with van der Waals surface area (Å²) in [4.78, 5) is 11.2. The van der Waals surface area contributed by atoms with Crippen LogP contribution in [-0.2, 0) is 14.3 Å². The van der Waals surface area contributed by atoms with Crippen LogP contribution in [0, 0.1) is 0 Å². The number of esters is 1. The third-order valence-electron chi connectivity index (χ3n) is 3.91. The number of epoxide rings is 1. The van der Waals surface area contributed by atoms with Crippen molar-refractivity contribution < 1.29 is 19.4 Å². The molecule has 21 heavy (non-hydrogen) atoms. The quantitative estimate of drug-likeness (QED) is 0.285. The molecule has 1 fully saturated rings. The van der Waals surface area contributed by atoms with Gasteiger partial charge in [-0.2, -0.15) is 0 Å². The van der Waals surface area contributed by atoms with Crippen molar-refractivity contribution in [3.05, 3.63) is 0 Å². The lowest BCUT2D eigenvalue weighted by atomic mass is 10.0. The fourth-order valence-corrected chi connectivity index (χ4v) is 2.52. The first-order valence-electron chi connectivity index (χ1n) is 8.71. The summed E-state index contributed by atoms with van der Waals surface area (Å²) >= 11 is 0. The van der Waals surface area contributed by atoms with E-state index in [0.717, 1.165) is 19.4 Å². The molecule has 1 aliphatic heterocycles. The molecule has 0 bridgehead atoms. The summed E-state index contributed by atoms with van der Waals surface area (Å²) in [6.45, 7) is 1.05. The highest BCUT2D eigenvalue weighted by Gasteiger charge is 2.20. The van der Waals surface area contributed by atoms with Crippen LogP contribution in [-0.4, -0.2) is 37.0 Å². The molecular weight excluding hydrogens is 268 g/mol. The number of aliphatic hydroxyl groups is 1. The molecule has 0 aromatic heterocycles. The molecule has 4 nitrogen and oxygen atoms in total. The highest BCUT2D eigenvalue weighted by Crippen LogP contribution is 2.18. The van der Waals surface area contributed by atoms with Gasteiger partial charge in [0.25, 0.3) is 0 Å². The maximum Gasteiger partial charge on any atom is 0.305 e. The molecule has 0 aromatic carbocycles. The second-order valence-electron chi connectivity index (χ2n) is 5.97. The number of aliphatic hydroxyl groups excluding tert-OH is 1. The van der Waals surface area contributed by atoms with Gasteiger partial charge in [-0.15, -0.1) is 0 Å². The molecule has 0 aromatic rings. The Hall–Kier alpha value is -0.610. The average molecular weight is 300 g/mol. The van der Waals surface area contributed by atoms with Gasteiger partial charge in [-0.1, -0.05) is 57.8 Å². The van der Waals surface area contributed by atoms with Gasteiger partial charge in [0.15, 0.2) is 0 Å². The standard InChI is InChI=1S/C17H32O4/c18-13-14-20-17(19)12-10-8-6-4-2-1-3-5-7-9-11-16-15-21-16/h16,18H,1-15H2. The molecule has 124 valence electrons. The van der Waals surface area contributed by atoms with Gasteiger partial charge in [-0.3, -0.25) is 4.79 Å². The smallest absolute Gasteiger partial charge is 0.305 e. The second kappa shape index (κ2) is 13.1. The monoisotopic (exact) mass is 300 g/mol. The Kier molecular flexibility index (Phi) is 11.5. The fraction of sp³-hybridized carbons (Fsp3) is 0.941. The zero-order chi connectivity index (χ0) is 15.2. The first kappa shape index (κ1) is 18.4. The maximum absolute atomic E-state index is 11.2. The van der Waals surface area contributed by atoms with Crippen LogP contribution < -0.4 is 0 Å². The predicted molar refractivity (Wildman–Crippen MR) is 83.2 cm³/mol. The summed E-state index contributed by atoms with van der Waals surface area (Å²) in [5.41, 5.74) is 0. The van der Waals surface area contributed by atoms with Crippen molar-refractivity contribution in [2.24, 2.45) is 0 Å². The first-order chi connectivity index (χ1) is 10.3. The molecule has 1 saturated heterocycles. The molecular formula is C17H32O4. The van der Waals surface area contributed by atoms with Gasteiger partial charge < -0.3 is 14.6 Å². The minimum Gasteiger partial charge on any atom is -0.463 e. The van der Waals surface area contributed by atoms with E-state index < -0.39 is 0 Å². The van der Waals surface area contributed by atoms with E-state index in [1.807, 2.05) is 0 Å². The second-order valence-corrected chi connectivity index (χ2v) is 5.97. The van der Waals surface area contributed by atoms with Gasteiger partial charge in [0.05, 0.1) is 19.3 Å². The molecule has 1 aliphatic rings. The Morgan fingerprint density at radius 2 is 1.48 bits per heavy atom. The maximum atomic E-state index is 11.2. The molecule has 1 rings (SSSR count). The SMILES string of the molecule is O=C(CCCCCCCCCCCCC1CO1)OCCO. The molecule has 4 heteroatoms. The summed E-state index contributed by atoms with van der Waals surface area (Å²) in [5, 5.41) is 8.52. The zero-order valence-electron chi connectivity index (χ0n) is 13.4. The lowest BCUT2D eigenvalue weighted by molar-refractivity contribution is -0.144. The van der Waals surface area contributed by atoms with E-state index in [-0.39, 0.29) is 19.2 Å². The summed E-state index contributed by atoms with van der Waals surface area (Å²) in [7, 11) is 0. The largest absolute Gasteiger partial charge is 0.463 e. The van der Waals surface area contributed by atoms with Crippen molar-refractivity contribution in [3.63, 3.8) is 0 Å². The number of carbonyl (C=O) groups excluding carboxylic acids is 1. The lowest BCUT2D eigenvalue weighted by Crippen LogP contribution is -2.07. The van der Waals surface area contributed by atoms with Crippen molar-refractivity contribution in [2.75, 3.05) is 19.8 Å². The van der Waals surface area contributed by atoms with Crippen molar-refractivity contribution in [2.45, 2.75) is 83.2 Å². The normalized spacial score (nSPS) is 16.9. The molecule has 0 saturated carbocycles. The third kappa shape index (κ3) is 12.8. The van der Waals surface area contributed by atoms with E-state index in [1.54, 1.807) is 0 Å². The highest BCUT2D eigenvalue weighted by atomic mass is 16.6. The van der Waals surface area contributed by atoms with E-state index in [0.29, 0.717) is 12.5 Å². The van der Waals surface area contributed by atoms with Crippen LogP contribution in [0.4, 0.5) is 0 Å². The Morgan fingerprint density at radius 3 is 2.00 bits per heavy atom. The van der Waals surface area contributed by atoms with Gasteiger partial charge in [0.1, 0.15) is 6.61 Å². The minimum atomic E-state index is -0.180. The van der Waals surface area contributed by atoms with Crippen molar-refractivity contribution in [3.8, 4) is 0 Å². The molecule has 1 heterocycles. The number of ether oxygens (including phenoxy) is 2. The van der Waals surface area contributed by atoms with Crippen molar-refractivity contribution in [1.29, 1.82) is 0 Å². The first-order valence-corrected chi connectivity index (χ1v) is 8.71. The van der Waals surface area contributed by atoms with Crippen LogP contribution in [0.25, 0.3) is 0 Å². The number of unbranched alkanes of at least 4 members (excludes halogenated alkanes) is 9. The molecule has 0 radical (unpaired) electrons. The number of hydrogen-bond acceptors (Lipinski definition) is 4. The van der Waals surface area contributed by atoms with Crippen molar-refractivity contribution in [1.82, 2.24) is 0 Å². The van der Waals surface area contributed by atoms with E-state index >= 15 is 0 Å². The average Bonchev–Trinajstić information content (AvgIpc) is 3.30. The Bertz CT molecular complexity index is 251. The molecule has 1 atom stereocenters. The number of hydrogen-bond donors (Lipinski definition) is 1. The summed E-state index contributed by atoms with van der Waals surface area (Å²) in [6.07, 6.45) is 14.9. The van der Waals surface area contributed by atoms with Gasteiger partial charge in [-0.05, 0) is 12.8 Å². The summed E-state index contributed by atoms with van der Waals surface area (Å²) in [6, 6.07) is 0. The third-order valence-corrected chi connectivity index (χ3v) is 3.91. The molecule has 1 N–H and O–H groups in total. The van der Waals surface area contributed by atoms with E-state index in [9.17, 15) is 4.79 Å². The van der Waals surface area contributed by atoms with Crippen LogP contribution in [0.1, 0.15) is 77.0 Å². The van der Waals surface area contributed by atoms with E-state index in [2.05, 4.69) is 0 Å². The minimum absolute atomic E-state index is 0.0832. The van der Waals surface area contributed by atoms with Gasteiger partial charge in [0.2, 0.25) is 0 Å². The molecule has 1 unspecified atom stereocenters. The van der Waals surface area contributed by atoms with Crippen LogP contribution >= 0.6 is 0 Å². The van der Waals surface area contributed by atoms with Gasteiger partial charge in [0, 0.05) is 6.42 Å². The lowest BCUT2D eigenvalue weighted by Gasteiger charge is -2.03. The number of rotatable bonds is 15. The zero-order valence-corrected chi connectivity index (χ0v) is 13.4. The van der Waals surface area contributed by atoms with Crippen molar-refractivity contribution >= 4 is 5.97 Å². The highest BCUT2D eigenvalue weighted by molar-refractivity contribution is 5.69. The van der Waals surface area contributed by atoms with E-state index in [4.69, 9.17) is 14.6 Å². The van der Waals surface area contributed by atoms with Gasteiger partial charge in [-0.25, -0.2) is 0 Å². The van der Waals surface area contributed by atoms with Gasteiger partial charge >= 0.3 is 5.97 Å². The Balaban J connectivity index is 1.67. The Labute approximate surface area is 129 Å². The summed E-state index contributed by atoms with van der Waals surface area (Å²) in [5.74, 6) is -0.180.